The smallest absolute Gasteiger partial charge is 0 e. The average molecular weight is 304 g/mol. The van der Waals surface area contributed by atoms with Crippen LogP contribution in [0, 0.1) is 13.0 Å². The third-order valence-electron chi connectivity index (χ3n) is 3.66. The Balaban J connectivity index is 0.000001000. The van der Waals surface area contributed by atoms with Gasteiger partial charge < -0.3 is 0 Å². The summed E-state index contributed by atoms with van der Waals surface area (Å²) in [6.07, 6.45) is 0. The summed E-state index contributed by atoms with van der Waals surface area (Å²) >= 11 is 0. The molecule has 4 rings (SSSR count). The van der Waals surface area contributed by atoms with Crippen LogP contribution >= 0.6 is 0 Å². The molecule has 4 aromatic carbocycles. The van der Waals surface area contributed by atoms with Gasteiger partial charge in [0, 0.05) is 32.7 Å². The van der Waals surface area contributed by atoms with Crippen LogP contribution in [0.4, 0.5) is 0 Å². The summed E-state index contributed by atoms with van der Waals surface area (Å²) in [5.74, 6) is 0. The van der Waals surface area contributed by atoms with Crippen LogP contribution in [0.15, 0.2) is 48.5 Å². The van der Waals surface area contributed by atoms with E-state index in [1.165, 1.54) is 37.9 Å². The fraction of sp³-hybridized carbons (Fsp3) is 0.0588. The predicted octanol–water partition coefficient (Wildman–Crippen LogP) is 4.69. The Kier molecular flexibility index (Phi) is 2.88. The van der Waals surface area contributed by atoms with Crippen LogP contribution in [0.5, 0.6) is 0 Å². The summed E-state index contributed by atoms with van der Waals surface area (Å²) in [5.41, 5.74) is 1.34. The van der Waals surface area contributed by atoms with Crippen molar-refractivity contribution in [3.05, 3.63) is 60.2 Å². The molecule has 0 spiro atoms. The zero-order valence-electron chi connectivity index (χ0n) is 10.2. The van der Waals surface area contributed by atoms with E-state index in [4.69, 9.17) is 0 Å². The van der Waals surface area contributed by atoms with E-state index >= 15 is 0 Å². The maximum atomic E-state index is 3.33. The van der Waals surface area contributed by atoms with Crippen molar-refractivity contribution in [2.75, 3.05) is 0 Å². The predicted molar refractivity (Wildman–Crippen MR) is 73.7 cm³/mol. The summed E-state index contributed by atoms with van der Waals surface area (Å²) in [6, 6.07) is 20.7. The van der Waals surface area contributed by atoms with Gasteiger partial charge in [-0.3, -0.25) is 0 Å². The largest absolute Gasteiger partial charge is 0.146 e. The van der Waals surface area contributed by atoms with Gasteiger partial charge in [0.15, 0.2) is 0 Å². The zero-order valence-corrected chi connectivity index (χ0v) is 13.0. The molecule has 0 bridgehead atoms. The zero-order chi connectivity index (χ0) is 11.4. The summed E-state index contributed by atoms with van der Waals surface area (Å²) in [6.45, 7) is 2.18. The summed E-state index contributed by atoms with van der Waals surface area (Å²) < 4.78 is 0. The first-order valence-electron chi connectivity index (χ1n) is 5.89. The number of rotatable bonds is 0. The van der Waals surface area contributed by atoms with E-state index in [1.807, 2.05) is 6.07 Å². The molecule has 18 heavy (non-hydrogen) atoms. The molecule has 0 N–H and O–H groups in total. The molecule has 0 saturated carbocycles. The van der Waals surface area contributed by atoms with Crippen LogP contribution in [0.25, 0.3) is 32.3 Å². The number of aryl methyl sites for hydroxylation is 1. The molecule has 0 heterocycles. The minimum absolute atomic E-state index is 0. The molecule has 0 aliphatic heterocycles. The molecule has 0 unspecified atom stereocenters. The van der Waals surface area contributed by atoms with Gasteiger partial charge in [0.1, 0.15) is 0 Å². The first-order chi connectivity index (χ1) is 8.34. The molecule has 0 aromatic heterocycles. The quantitative estimate of drug-likeness (QED) is 0.326. The average Bonchev–Trinajstić information content (AvgIpc) is 2.38. The molecule has 0 aliphatic rings. The second-order valence-electron chi connectivity index (χ2n) is 4.65. The minimum atomic E-state index is 0. The van der Waals surface area contributed by atoms with E-state index in [0.717, 1.165) is 0 Å². The third-order valence-corrected chi connectivity index (χ3v) is 3.66. The van der Waals surface area contributed by atoms with Gasteiger partial charge in [-0.2, -0.15) is 0 Å². The molecule has 83 valence electrons. The first kappa shape index (κ1) is 12.1. The van der Waals surface area contributed by atoms with E-state index in [0.29, 0.717) is 0 Å². The molecular formula is C17H11Y-. The molecule has 1 heteroatoms. The number of hydrogen-bond donors (Lipinski definition) is 0. The van der Waals surface area contributed by atoms with Crippen LogP contribution in [-0.2, 0) is 32.7 Å². The van der Waals surface area contributed by atoms with E-state index in [9.17, 15) is 0 Å². The van der Waals surface area contributed by atoms with Crippen LogP contribution in [-0.4, -0.2) is 0 Å². The molecule has 1 radical (unpaired) electrons. The van der Waals surface area contributed by atoms with Crippen LogP contribution in [0.3, 0.4) is 0 Å². The van der Waals surface area contributed by atoms with Crippen molar-refractivity contribution in [3.63, 3.8) is 0 Å². The van der Waals surface area contributed by atoms with Gasteiger partial charge in [0.2, 0.25) is 0 Å². The normalized spacial score (nSPS) is 11.2. The molecule has 4 aromatic rings. The Morgan fingerprint density at radius 1 is 0.778 bits per heavy atom. The van der Waals surface area contributed by atoms with Gasteiger partial charge in [0.25, 0.3) is 0 Å². The second-order valence-corrected chi connectivity index (χ2v) is 4.65. The summed E-state index contributed by atoms with van der Waals surface area (Å²) in [7, 11) is 0. The van der Waals surface area contributed by atoms with Crippen molar-refractivity contribution in [1.29, 1.82) is 0 Å². The maximum Gasteiger partial charge on any atom is 0 e. The molecule has 0 nitrogen and oxygen atoms in total. The van der Waals surface area contributed by atoms with Crippen LogP contribution in [0.2, 0.25) is 0 Å². The molecule has 0 saturated heterocycles. The van der Waals surface area contributed by atoms with Crippen LogP contribution in [0.1, 0.15) is 5.56 Å². The SMILES string of the molecule is Cc1ccc2ccc3cc[c-]c4ccc1c2c43.[Y]. The number of benzene rings is 4. The summed E-state index contributed by atoms with van der Waals surface area (Å²) in [5, 5.41) is 7.94. The monoisotopic (exact) mass is 304 g/mol. The van der Waals surface area contributed by atoms with Crippen molar-refractivity contribution >= 4 is 32.3 Å². The Labute approximate surface area is 131 Å². The Hall–Kier alpha value is -0.976. The van der Waals surface area contributed by atoms with Crippen LogP contribution < -0.4 is 0 Å². The van der Waals surface area contributed by atoms with Gasteiger partial charge in [-0.15, -0.1) is 35.0 Å². The van der Waals surface area contributed by atoms with Crippen molar-refractivity contribution in [2.45, 2.75) is 6.92 Å². The van der Waals surface area contributed by atoms with E-state index in [1.54, 1.807) is 0 Å². The second kappa shape index (κ2) is 4.29. The van der Waals surface area contributed by atoms with E-state index < -0.39 is 0 Å². The van der Waals surface area contributed by atoms with Crippen molar-refractivity contribution in [3.8, 4) is 0 Å². The first-order valence-corrected chi connectivity index (χ1v) is 5.89. The third kappa shape index (κ3) is 1.52. The standard InChI is InChI=1S/C17H11.Y/c1-11-5-6-14-8-7-12-3-2-4-13-9-10-15(11)17(14)16(12)13;/h2-3,5-10H,1H3;/q-1;. The topological polar surface area (TPSA) is 0 Å². The van der Waals surface area contributed by atoms with Crippen molar-refractivity contribution < 1.29 is 32.7 Å². The minimum Gasteiger partial charge on any atom is -0.146 e. The Morgan fingerprint density at radius 3 is 2.33 bits per heavy atom. The fourth-order valence-corrected chi connectivity index (χ4v) is 2.80. The van der Waals surface area contributed by atoms with Gasteiger partial charge in [0.05, 0.1) is 0 Å². The molecule has 0 amide bonds. The maximum absolute atomic E-state index is 3.33. The van der Waals surface area contributed by atoms with Gasteiger partial charge in [-0.1, -0.05) is 35.7 Å². The molecular weight excluding hydrogens is 293 g/mol. The van der Waals surface area contributed by atoms with Gasteiger partial charge >= 0.3 is 0 Å². The Morgan fingerprint density at radius 2 is 1.50 bits per heavy atom. The Bertz CT molecular complexity index is 830. The summed E-state index contributed by atoms with van der Waals surface area (Å²) in [4.78, 5) is 0. The number of hydrogen-bond acceptors (Lipinski definition) is 0. The molecule has 0 atom stereocenters. The van der Waals surface area contributed by atoms with Gasteiger partial charge in [-0.05, 0) is 28.6 Å². The van der Waals surface area contributed by atoms with Crippen molar-refractivity contribution in [2.24, 2.45) is 0 Å². The van der Waals surface area contributed by atoms with E-state index in [-0.39, 0.29) is 32.7 Å². The molecule has 0 aliphatic carbocycles. The van der Waals surface area contributed by atoms with Crippen molar-refractivity contribution in [1.82, 2.24) is 0 Å². The fourth-order valence-electron chi connectivity index (χ4n) is 2.80. The van der Waals surface area contributed by atoms with Gasteiger partial charge in [-0.25, -0.2) is 0 Å². The van der Waals surface area contributed by atoms with E-state index in [2.05, 4.69) is 55.5 Å². The molecule has 0 fully saturated rings.